The SMILES string of the molecule is O.O.O.O.O.O.O.O.O.O.O.O.O.O.O.O.O.O.O.O.O.O.O.O.O.O.O.O.O.O.O.O.O.O.O.O.O.O.O.O.O.O.O.O.O.O.O.O.O.O.O.O.O.O.O.O.O.[Na+].[Na+].[Na+].[Na+].[Na+].[Na+].[Na+].[Na+].[Na+].[Si].[W].[W].[W].[W].[W].[W].[W].[W].[W]. The molecule has 76 heteroatoms. The second-order valence-corrected chi connectivity index (χ2v) is 0. The van der Waals surface area contributed by atoms with Gasteiger partial charge in [-0.3, -0.25) is 0 Å². The van der Waals surface area contributed by atoms with Crippen molar-refractivity contribution in [2.75, 3.05) is 0 Å². The van der Waals surface area contributed by atoms with Gasteiger partial charge in [0.05, 0.1) is 0 Å². The zero-order valence-electron chi connectivity index (χ0n) is 41.7. The first kappa shape index (κ1) is 4010. The van der Waals surface area contributed by atoms with E-state index < -0.39 is 0 Å². The van der Waals surface area contributed by atoms with Crippen molar-refractivity contribution < 1.29 is 768 Å². The number of rotatable bonds is 0. The van der Waals surface area contributed by atoms with E-state index in [1.165, 1.54) is 0 Å². The van der Waals surface area contributed by atoms with Gasteiger partial charge in [-0.25, -0.2) is 0 Å². The van der Waals surface area contributed by atoms with Gasteiger partial charge < -0.3 is 312 Å². The largest absolute Gasteiger partial charge is 1.00 e. The summed E-state index contributed by atoms with van der Waals surface area (Å²) >= 11 is 0. The van der Waals surface area contributed by atoms with Crippen LogP contribution in [0.5, 0.6) is 0 Å². The standard InChI is InChI=1S/9Na.57H2O.Si.9W/h;;;;;;;;;57*1H2;;;;;;;;;;/q9*+1;;;;;;;;;;;;;;;;;;;;;;;;;;;;;;;;;;;;;;;;;;;;;;;;;;;;;;;;;;;;;;;;;;;. The quantitative estimate of drug-likeness (QED) is 0.204. The molecule has 0 aromatic heterocycles. The van der Waals surface area contributed by atoms with Gasteiger partial charge in [0.1, 0.15) is 0 Å². The van der Waals surface area contributed by atoms with Crippen LogP contribution in [0.1, 0.15) is 0 Å². The summed E-state index contributed by atoms with van der Waals surface area (Å²) in [6.07, 6.45) is 0. The molecule has 0 saturated carbocycles. The van der Waals surface area contributed by atoms with Crippen molar-refractivity contribution in [3.63, 3.8) is 0 Å². The molecule has 57 nitrogen and oxygen atoms in total. The average molecular weight is 2920 g/mol. The molecule has 0 saturated heterocycles. The molecular weight excluding hydrogens is 2800 g/mol. The summed E-state index contributed by atoms with van der Waals surface area (Å²) in [5.41, 5.74) is 0. The van der Waals surface area contributed by atoms with Gasteiger partial charge in [-0.1, -0.05) is 0 Å². The van der Waals surface area contributed by atoms with E-state index in [1.807, 2.05) is 0 Å². The Bertz CT molecular complexity index is 85.3. The Hall–Kier alpha value is 13.1. The van der Waals surface area contributed by atoms with E-state index in [9.17, 15) is 0 Å². The molecule has 0 aromatic rings. The Morgan fingerprint density at radius 1 is 0.0526 bits per heavy atom. The Morgan fingerprint density at radius 2 is 0.0526 bits per heavy atom. The molecular formula is H114Na9O57SiW9+9. The predicted molar refractivity (Wildman–Crippen MR) is 212 cm³/mol. The summed E-state index contributed by atoms with van der Waals surface area (Å²) in [5.74, 6) is 0. The van der Waals surface area contributed by atoms with Crippen molar-refractivity contribution in [2.45, 2.75) is 0 Å². The fourth-order valence-corrected chi connectivity index (χ4v) is 0. The summed E-state index contributed by atoms with van der Waals surface area (Å²) in [4.78, 5) is 0. The first-order valence-corrected chi connectivity index (χ1v) is 0. The van der Waals surface area contributed by atoms with Gasteiger partial charge in [0.2, 0.25) is 0 Å². The van der Waals surface area contributed by atoms with Crippen LogP contribution in [0, 0.1) is 0 Å². The van der Waals surface area contributed by atoms with Gasteiger partial charge in [0, 0.05) is 201 Å². The summed E-state index contributed by atoms with van der Waals surface area (Å²) in [7, 11) is 0. The van der Waals surface area contributed by atoms with Crippen molar-refractivity contribution in [2.24, 2.45) is 0 Å². The minimum absolute atomic E-state index is 0. The van der Waals surface area contributed by atoms with Crippen LogP contribution >= 0.6 is 0 Å². The number of hydrogen-bond acceptors (Lipinski definition) is 0. The predicted octanol–water partition coefficient (Wildman–Crippen LogP) is -74.4. The molecule has 114 N–H and O–H groups in total. The van der Waals surface area contributed by atoms with Crippen molar-refractivity contribution in [1.29, 1.82) is 0 Å². The van der Waals surface area contributed by atoms with E-state index in [0.29, 0.717) is 0 Å². The molecule has 0 fully saturated rings. The Balaban J connectivity index is 0. The summed E-state index contributed by atoms with van der Waals surface area (Å²) in [5, 5.41) is 0. The minimum atomic E-state index is 0. The molecule has 0 heterocycles. The molecule has 0 amide bonds. The fraction of sp³-hybridized carbons (Fsp3) is 0. The third kappa shape index (κ3) is 3750. The van der Waals surface area contributed by atoms with E-state index in [2.05, 4.69) is 0 Å². The average Bonchev–Trinajstić information content (AvgIpc) is 0. The molecule has 4 radical (unpaired) electrons. The maximum atomic E-state index is 0. The summed E-state index contributed by atoms with van der Waals surface area (Å²) in [6.45, 7) is 0. The van der Waals surface area contributed by atoms with Crippen molar-refractivity contribution in [1.82, 2.24) is 0 Å². The number of hydrogen-bond donors (Lipinski definition) is 0. The second-order valence-electron chi connectivity index (χ2n) is 0. The molecule has 0 bridgehead atoms. The summed E-state index contributed by atoms with van der Waals surface area (Å²) in [6, 6.07) is 0. The molecule has 0 unspecified atom stereocenters. The van der Waals surface area contributed by atoms with Crippen LogP contribution in [0.4, 0.5) is 0 Å². The van der Waals surface area contributed by atoms with Crippen molar-refractivity contribution >= 4 is 11.0 Å². The van der Waals surface area contributed by atoms with Crippen LogP contribution in [0.15, 0.2) is 0 Å². The van der Waals surface area contributed by atoms with Crippen LogP contribution in [-0.2, 0) is 190 Å². The molecule has 514 valence electrons. The normalized spacial score (nSPS) is 0. The zero-order valence-corrected chi connectivity index (χ0v) is 87.1. The molecule has 0 spiro atoms. The third-order valence-electron chi connectivity index (χ3n) is 0. The Morgan fingerprint density at radius 3 is 0.0526 bits per heavy atom. The maximum Gasteiger partial charge on any atom is 1.00 e. The van der Waals surface area contributed by atoms with E-state index in [-0.39, 0.29) is 779 Å². The van der Waals surface area contributed by atoms with Gasteiger partial charge in [-0.05, 0) is 0 Å². The molecule has 0 aliphatic rings. The molecule has 0 aliphatic heterocycles. The molecule has 0 aliphatic carbocycles. The molecule has 0 rings (SSSR count). The minimum Gasteiger partial charge on any atom is -0.412 e. The van der Waals surface area contributed by atoms with E-state index in [4.69, 9.17) is 0 Å². The monoisotopic (exact) mass is 2920 g/mol. The van der Waals surface area contributed by atoms with Gasteiger partial charge >= 0.3 is 266 Å². The van der Waals surface area contributed by atoms with E-state index >= 15 is 0 Å². The first-order chi connectivity index (χ1) is 0. The van der Waals surface area contributed by atoms with Crippen molar-refractivity contribution in [3.8, 4) is 0 Å². The van der Waals surface area contributed by atoms with Crippen LogP contribution in [0.25, 0.3) is 0 Å². The zero-order chi connectivity index (χ0) is 0. The first-order valence-electron chi connectivity index (χ1n) is 0. The molecule has 0 atom stereocenters. The van der Waals surface area contributed by atoms with E-state index in [1.54, 1.807) is 0 Å². The Labute approximate surface area is 764 Å². The van der Waals surface area contributed by atoms with Gasteiger partial charge in [-0.15, -0.1) is 0 Å². The van der Waals surface area contributed by atoms with E-state index in [0.717, 1.165) is 0 Å². The van der Waals surface area contributed by atoms with Crippen LogP contribution < -0.4 is 266 Å². The maximum absolute atomic E-state index is 0. The Kier molecular flexibility index (Phi) is 205000. The van der Waals surface area contributed by atoms with Gasteiger partial charge in [-0.2, -0.15) is 0 Å². The summed E-state index contributed by atoms with van der Waals surface area (Å²) < 4.78 is 0. The molecule has 0 aromatic carbocycles. The van der Waals surface area contributed by atoms with Crippen LogP contribution in [0.3, 0.4) is 0 Å². The smallest absolute Gasteiger partial charge is 0.412 e. The fourth-order valence-electron chi connectivity index (χ4n) is 0. The topological polar surface area (TPSA) is 1800 Å². The van der Waals surface area contributed by atoms with Crippen LogP contribution in [-0.4, -0.2) is 323 Å². The van der Waals surface area contributed by atoms with Gasteiger partial charge in [0.25, 0.3) is 0 Å². The molecule has 76 heavy (non-hydrogen) atoms. The second kappa shape index (κ2) is 3880. The third-order valence-corrected chi connectivity index (χ3v) is 0. The van der Waals surface area contributed by atoms with Gasteiger partial charge in [0.15, 0.2) is 0 Å². The van der Waals surface area contributed by atoms with Crippen molar-refractivity contribution in [3.05, 3.63) is 0 Å². The van der Waals surface area contributed by atoms with Crippen LogP contribution in [0.2, 0.25) is 0 Å².